The zero-order chi connectivity index (χ0) is 21.9. The van der Waals surface area contributed by atoms with E-state index in [1.165, 1.54) is 49.5 Å². The second kappa shape index (κ2) is 8.55. The van der Waals surface area contributed by atoms with Gasteiger partial charge in [0.2, 0.25) is 0 Å². The molecule has 0 saturated heterocycles. The maximum Gasteiger partial charge on any atom is 0.355 e. The lowest BCUT2D eigenvalue weighted by molar-refractivity contribution is -0.140. The van der Waals surface area contributed by atoms with E-state index >= 15 is 0 Å². The van der Waals surface area contributed by atoms with Gasteiger partial charge in [0.1, 0.15) is 18.2 Å². The van der Waals surface area contributed by atoms with Crippen LogP contribution in [0, 0.1) is 6.92 Å². The summed E-state index contributed by atoms with van der Waals surface area (Å²) < 4.78 is 47.1. The van der Waals surface area contributed by atoms with Crippen molar-refractivity contribution in [2.45, 2.75) is 11.8 Å². The monoisotopic (exact) mass is 437 g/mol. The Bertz CT molecular complexity index is 1090. The van der Waals surface area contributed by atoms with Crippen LogP contribution >= 0.6 is 0 Å². The van der Waals surface area contributed by atoms with Crippen LogP contribution in [0.5, 0.6) is 0 Å². The van der Waals surface area contributed by atoms with Crippen LogP contribution in [0.4, 0.5) is 11.5 Å². The molecule has 0 fully saturated rings. The van der Waals surface area contributed by atoms with Crippen LogP contribution in [0.25, 0.3) is 0 Å². The number of anilines is 2. The average molecular weight is 437 g/mol. The molecule has 0 radical (unpaired) electrons. The molecule has 30 heavy (non-hydrogen) atoms. The zero-order valence-electron chi connectivity index (χ0n) is 16.4. The Morgan fingerprint density at radius 2 is 1.80 bits per heavy atom. The number of esters is 2. The first-order chi connectivity index (χ1) is 14.3. The molecular weight excluding hydrogens is 418 g/mol. The minimum atomic E-state index is -3.91. The minimum absolute atomic E-state index is 0.00429. The standard InChI is InChI=1S/C18H19N3O8S/c1-11-8-15(19-29-11)20-30(24,25)13-6-4-12(5-7-13)21-10-28-9-14(17(22)26-2)16(21)18(23)27-3/h4-8H,9-10H2,1-3H3,(H,19,20). The molecule has 2 aromatic rings. The van der Waals surface area contributed by atoms with Gasteiger partial charge < -0.3 is 23.6 Å². The van der Waals surface area contributed by atoms with Crippen molar-refractivity contribution in [1.29, 1.82) is 0 Å². The molecule has 0 amide bonds. The summed E-state index contributed by atoms with van der Waals surface area (Å²) >= 11 is 0. The maximum absolute atomic E-state index is 12.5. The summed E-state index contributed by atoms with van der Waals surface area (Å²) in [6, 6.07) is 7.06. The van der Waals surface area contributed by atoms with Gasteiger partial charge in [-0.05, 0) is 31.2 Å². The molecule has 1 aliphatic heterocycles. The van der Waals surface area contributed by atoms with E-state index in [2.05, 4.69) is 9.88 Å². The predicted octanol–water partition coefficient (Wildman–Crippen LogP) is 1.18. The number of hydrogen-bond donors (Lipinski definition) is 1. The molecule has 1 aliphatic rings. The molecule has 0 unspecified atom stereocenters. The molecule has 0 spiro atoms. The number of methoxy groups -OCH3 is 2. The fourth-order valence-electron chi connectivity index (χ4n) is 2.76. The van der Waals surface area contributed by atoms with Crippen molar-refractivity contribution in [3.63, 3.8) is 0 Å². The van der Waals surface area contributed by atoms with Crippen molar-refractivity contribution in [3.8, 4) is 0 Å². The molecule has 0 saturated carbocycles. The number of rotatable bonds is 6. The SMILES string of the molecule is COC(=O)C1=C(C(=O)OC)N(c2ccc(S(=O)(=O)Nc3cc(C)on3)cc2)COC1. The van der Waals surface area contributed by atoms with Gasteiger partial charge in [-0.15, -0.1) is 0 Å². The third kappa shape index (κ3) is 4.28. The number of ether oxygens (including phenoxy) is 3. The van der Waals surface area contributed by atoms with Gasteiger partial charge >= 0.3 is 11.9 Å². The summed E-state index contributed by atoms with van der Waals surface area (Å²) in [6.07, 6.45) is 0. The van der Waals surface area contributed by atoms with E-state index in [9.17, 15) is 18.0 Å². The summed E-state index contributed by atoms with van der Waals surface area (Å²) in [5, 5.41) is 3.60. The highest BCUT2D eigenvalue weighted by Crippen LogP contribution is 2.28. The van der Waals surface area contributed by atoms with E-state index in [-0.39, 0.29) is 35.3 Å². The van der Waals surface area contributed by atoms with Gasteiger partial charge in [-0.2, -0.15) is 0 Å². The summed E-state index contributed by atoms with van der Waals surface area (Å²) in [7, 11) is -1.54. The Morgan fingerprint density at radius 3 is 2.37 bits per heavy atom. The van der Waals surface area contributed by atoms with Gasteiger partial charge in [-0.3, -0.25) is 4.72 Å². The van der Waals surface area contributed by atoms with Crippen LogP contribution in [0.3, 0.4) is 0 Å². The third-order valence-corrected chi connectivity index (χ3v) is 5.53. The minimum Gasteiger partial charge on any atom is -0.466 e. The van der Waals surface area contributed by atoms with Crippen LogP contribution in [0.15, 0.2) is 51.0 Å². The van der Waals surface area contributed by atoms with Crippen LogP contribution in [0.2, 0.25) is 0 Å². The Balaban J connectivity index is 1.92. The van der Waals surface area contributed by atoms with Crippen LogP contribution in [-0.4, -0.2) is 53.1 Å². The van der Waals surface area contributed by atoms with Gasteiger partial charge in [-0.1, -0.05) is 5.16 Å². The number of aromatic nitrogens is 1. The molecule has 1 aromatic carbocycles. The summed E-state index contributed by atoms with van der Waals surface area (Å²) in [5.74, 6) is -0.971. The first kappa shape index (κ1) is 21.3. The lowest BCUT2D eigenvalue weighted by atomic mass is 10.1. The largest absolute Gasteiger partial charge is 0.466 e. The van der Waals surface area contributed by atoms with Crippen LogP contribution < -0.4 is 9.62 Å². The normalized spacial score (nSPS) is 14.4. The van der Waals surface area contributed by atoms with Crippen molar-refractivity contribution < 1.29 is 36.7 Å². The molecule has 2 heterocycles. The number of hydrogen-bond acceptors (Lipinski definition) is 10. The van der Waals surface area contributed by atoms with E-state index in [1.54, 1.807) is 6.92 Å². The molecule has 0 aliphatic carbocycles. The second-order valence-electron chi connectivity index (χ2n) is 6.14. The molecule has 160 valence electrons. The summed E-state index contributed by atoms with van der Waals surface area (Å²) in [6.45, 7) is 1.46. The van der Waals surface area contributed by atoms with E-state index < -0.39 is 22.0 Å². The van der Waals surface area contributed by atoms with Crippen molar-refractivity contribution >= 4 is 33.5 Å². The van der Waals surface area contributed by atoms with Crippen molar-refractivity contribution in [2.75, 3.05) is 37.2 Å². The molecule has 11 nitrogen and oxygen atoms in total. The number of carbonyl (C=O) groups excluding carboxylic acids is 2. The van der Waals surface area contributed by atoms with E-state index in [1.807, 2.05) is 0 Å². The molecule has 3 rings (SSSR count). The number of aryl methyl sites for hydroxylation is 1. The Kier molecular flexibility index (Phi) is 6.08. The van der Waals surface area contributed by atoms with E-state index in [4.69, 9.17) is 18.7 Å². The number of benzene rings is 1. The average Bonchev–Trinajstić information content (AvgIpc) is 3.15. The van der Waals surface area contributed by atoms with Crippen LogP contribution in [0.1, 0.15) is 5.76 Å². The fraction of sp³-hybridized carbons (Fsp3) is 0.278. The highest BCUT2D eigenvalue weighted by Gasteiger charge is 2.32. The molecular formula is C18H19N3O8S. The van der Waals surface area contributed by atoms with Crippen molar-refractivity contribution in [1.82, 2.24) is 5.16 Å². The van der Waals surface area contributed by atoms with Gasteiger partial charge in [0.15, 0.2) is 5.82 Å². The number of sulfonamides is 1. The summed E-state index contributed by atoms with van der Waals surface area (Å²) in [5.41, 5.74) is 0.366. The van der Waals surface area contributed by atoms with Gasteiger partial charge in [0.05, 0.1) is 31.3 Å². The van der Waals surface area contributed by atoms with Gasteiger partial charge in [0, 0.05) is 11.8 Å². The third-order valence-electron chi connectivity index (χ3n) is 4.16. The number of carbonyl (C=O) groups is 2. The highest BCUT2D eigenvalue weighted by atomic mass is 32.2. The molecule has 12 heteroatoms. The zero-order valence-corrected chi connectivity index (χ0v) is 17.2. The highest BCUT2D eigenvalue weighted by molar-refractivity contribution is 7.92. The topological polar surface area (TPSA) is 137 Å². The van der Waals surface area contributed by atoms with E-state index in [0.717, 1.165) is 0 Å². The fourth-order valence-corrected chi connectivity index (χ4v) is 3.75. The van der Waals surface area contributed by atoms with Crippen molar-refractivity contribution in [3.05, 3.63) is 47.4 Å². The Hall–Kier alpha value is -3.38. The molecule has 0 bridgehead atoms. The Morgan fingerprint density at radius 1 is 1.13 bits per heavy atom. The Labute approximate surface area is 172 Å². The van der Waals surface area contributed by atoms with Gasteiger partial charge in [-0.25, -0.2) is 18.0 Å². The molecule has 1 aromatic heterocycles. The van der Waals surface area contributed by atoms with Crippen molar-refractivity contribution in [2.24, 2.45) is 0 Å². The smallest absolute Gasteiger partial charge is 0.355 e. The number of nitrogens with zero attached hydrogens (tertiary/aromatic N) is 2. The maximum atomic E-state index is 12.5. The lowest BCUT2D eigenvalue weighted by Gasteiger charge is -2.31. The van der Waals surface area contributed by atoms with Crippen LogP contribution in [-0.2, 0) is 33.8 Å². The summed E-state index contributed by atoms with van der Waals surface area (Å²) in [4.78, 5) is 25.7. The predicted molar refractivity (Wildman–Crippen MR) is 103 cm³/mol. The lowest BCUT2D eigenvalue weighted by Crippen LogP contribution is -2.38. The van der Waals surface area contributed by atoms with Gasteiger partial charge in [0.25, 0.3) is 10.0 Å². The second-order valence-corrected chi connectivity index (χ2v) is 7.82. The number of nitrogens with one attached hydrogen (secondary N) is 1. The molecule has 0 atom stereocenters. The first-order valence-corrected chi connectivity index (χ1v) is 10.1. The molecule has 1 N–H and O–H groups in total. The first-order valence-electron chi connectivity index (χ1n) is 8.58. The van der Waals surface area contributed by atoms with E-state index in [0.29, 0.717) is 11.4 Å². The quantitative estimate of drug-likeness (QED) is 0.656.